The molecule has 0 radical (unpaired) electrons. The number of anilines is 1. The Labute approximate surface area is 204 Å². The normalized spacial score (nSPS) is 14.1. The second kappa shape index (κ2) is 11.3. The first kappa shape index (κ1) is 24.7. The SMILES string of the molecule is C=C(CCC(C=O)N1Cc2c(CC/C(N)=C/Nc3cccc(Cl)c3Cl)cccc2C1=O)NC. The topological polar surface area (TPSA) is 87.5 Å². The molecule has 2 aromatic carbocycles. The molecule has 1 aliphatic heterocycles. The van der Waals surface area contributed by atoms with Gasteiger partial charge in [0.15, 0.2) is 0 Å². The molecule has 0 bridgehead atoms. The number of aldehydes is 1. The standard InChI is InChI=1S/C25H28Cl2N4O2/c1-16(29-2)9-12-19(15-32)31-14-21-17(5-3-6-20(21)25(31)33)10-11-18(28)13-30-23-8-4-7-22(26)24(23)27/h3-8,13,15,19,29-30H,1,9-12,14,28H2,2H3/b18-13-. The number of halogens is 2. The highest BCUT2D eigenvalue weighted by atomic mass is 35.5. The Morgan fingerprint density at radius 1 is 1.24 bits per heavy atom. The van der Waals surface area contributed by atoms with Crippen molar-refractivity contribution in [3.8, 4) is 0 Å². The molecule has 1 unspecified atom stereocenters. The minimum atomic E-state index is -0.487. The highest BCUT2D eigenvalue weighted by molar-refractivity contribution is 6.43. The van der Waals surface area contributed by atoms with Crippen molar-refractivity contribution >= 4 is 41.1 Å². The van der Waals surface area contributed by atoms with E-state index in [1.54, 1.807) is 30.3 Å². The summed E-state index contributed by atoms with van der Waals surface area (Å²) in [6, 6.07) is 10.5. The maximum Gasteiger partial charge on any atom is 0.255 e. The third-order valence-corrected chi connectivity index (χ3v) is 6.61. The maximum absolute atomic E-state index is 13.0. The Hall–Kier alpha value is -2.96. The largest absolute Gasteiger partial charge is 0.401 e. The van der Waals surface area contributed by atoms with E-state index in [2.05, 4.69) is 17.2 Å². The summed E-state index contributed by atoms with van der Waals surface area (Å²) in [5.41, 5.74) is 11.0. The first-order valence-corrected chi connectivity index (χ1v) is 11.5. The van der Waals surface area contributed by atoms with E-state index < -0.39 is 6.04 Å². The molecule has 1 aliphatic rings. The van der Waals surface area contributed by atoms with Crippen LogP contribution in [0.4, 0.5) is 5.69 Å². The van der Waals surface area contributed by atoms with Gasteiger partial charge in [-0.2, -0.15) is 0 Å². The van der Waals surface area contributed by atoms with Crippen molar-refractivity contribution in [2.24, 2.45) is 5.73 Å². The number of rotatable bonds is 11. The van der Waals surface area contributed by atoms with Crippen LogP contribution in [0.2, 0.25) is 10.0 Å². The maximum atomic E-state index is 13.0. The molecule has 1 atom stereocenters. The second-order valence-corrected chi connectivity index (χ2v) is 8.72. The van der Waals surface area contributed by atoms with Crippen LogP contribution < -0.4 is 16.4 Å². The van der Waals surface area contributed by atoms with Crippen LogP contribution in [0.3, 0.4) is 0 Å². The molecular weight excluding hydrogens is 459 g/mol. The molecule has 6 nitrogen and oxygen atoms in total. The van der Waals surface area contributed by atoms with E-state index >= 15 is 0 Å². The summed E-state index contributed by atoms with van der Waals surface area (Å²) < 4.78 is 0. The Balaban J connectivity index is 1.67. The van der Waals surface area contributed by atoms with E-state index in [9.17, 15) is 9.59 Å². The lowest BCUT2D eigenvalue weighted by Crippen LogP contribution is -2.37. The highest BCUT2D eigenvalue weighted by Crippen LogP contribution is 2.31. The summed E-state index contributed by atoms with van der Waals surface area (Å²) in [5.74, 6) is -0.111. The van der Waals surface area contributed by atoms with Crippen LogP contribution in [0.15, 0.2) is 60.6 Å². The van der Waals surface area contributed by atoms with Crippen LogP contribution in [0.25, 0.3) is 0 Å². The Kier molecular flexibility index (Phi) is 8.42. The molecule has 0 fully saturated rings. The summed E-state index contributed by atoms with van der Waals surface area (Å²) >= 11 is 12.2. The lowest BCUT2D eigenvalue weighted by atomic mass is 9.99. The van der Waals surface area contributed by atoms with Crippen molar-refractivity contribution in [1.29, 1.82) is 0 Å². The van der Waals surface area contributed by atoms with Gasteiger partial charge in [0.05, 0.1) is 21.8 Å². The van der Waals surface area contributed by atoms with Crippen molar-refractivity contribution in [3.63, 3.8) is 0 Å². The quantitative estimate of drug-likeness (QED) is 0.394. The van der Waals surface area contributed by atoms with Crippen LogP contribution >= 0.6 is 23.2 Å². The van der Waals surface area contributed by atoms with Crippen LogP contribution in [0, 0.1) is 0 Å². The van der Waals surface area contributed by atoms with E-state index in [4.69, 9.17) is 28.9 Å². The predicted octanol–water partition coefficient (Wildman–Crippen LogP) is 4.87. The fourth-order valence-electron chi connectivity index (χ4n) is 3.80. The van der Waals surface area contributed by atoms with Gasteiger partial charge in [0.1, 0.15) is 6.29 Å². The summed E-state index contributed by atoms with van der Waals surface area (Å²) in [4.78, 5) is 26.4. The average molecular weight is 487 g/mol. The fraction of sp³-hybridized carbons (Fsp3) is 0.280. The number of amides is 1. The molecule has 33 heavy (non-hydrogen) atoms. The Bertz CT molecular complexity index is 1080. The molecule has 0 aromatic heterocycles. The van der Waals surface area contributed by atoms with Gasteiger partial charge in [-0.15, -0.1) is 0 Å². The monoisotopic (exact) mass is 486 g/mol. The molecule has 174 valence electrons. The number of carbonyl (C=O) groups is 2. The zero-order valence-electron chi connectivity index (χ0n) is 18.5. The number of carbonyl (C=O) groups excluding carboxylic acids is 2. The van der Waals surface area contributed by atoms with Gasteiger partial charge in [-0.25, -0.2) is 0 Å². The van der Waals surface area contributed by atoms with E-state index in [0.29, 0.717) is 59.2 Å². The van der Waals surface area contributed by atoms with Gasteiger partial charge in [-0.1, -0.05) is 48.0 Å². The lowest BCUT2D eigenvalue weighted by molar-refractivity contribution is -0.112. The summed E-state index contributed by atoms with van der Waals surface area (Å²) in [6.07, 6.45) is 4.97. The fourth-order valence-corrected chi connectivity index (χ4v) is 4.16. The van der Waals surface area contributed by atoms with Crippen molar-refractivity contribution in [3.05, 3.63) is 87.3 Å². The third kappa shape index (κ3) is 5.89. The lowest BCUT2D eigenvalue weighted by Gasteiger charge is -2.23. The Morgan fingerprint density at radius 2 is 2.00 bits per heavy atom. The molecule has 4 N–H and O–H groups in total. The molecule has 1 amide bonds. The first-order chi connectivity index (χ1) is 15.8. The van der Waals surface area contributed by atoms with Crippen molar-refractivity contribution in [1.82, 2.24) is 10.2 Å². The molecule has 1 heterocycles. The van der Waals surface area contributed by atoms with Crippen LogP contribution in [-0.2, 0) is 17.8 Å². The summed E-state index contributed by atoms with van der Waals surface area (Å²) in [7, 11) is 1.79. The van der Waals surface area contributed by atoms with Crippen molar-refractivity contribution in [2.75, 3.05) is 12.4 Å². The number of allylic oxidation sites excluding steroid dienone is 2. The van der Waals surface area contributed by atoms with Crippen LogP contribution in [-0.4, -0.2) is 30.2 Å². The van der Waals surface area contributed by atoms with E-state index in [1.165, 1.54) is 0 Å². The zero-order valence-corrected chi connectivity index (χ0v) is 20.0. The minimum absolute atomic E-state index is 0.111. The van der Waals surface area contributed by atoms with E-state index in [0.717, 1.165) is 23.1 Å². The molecule has 0 aliphatic carbocycles. The number of hydrogen-bond acceptors (Lipinski definition) is 5. The molecule has 0 saturated carbocycles. The van der Waals surface area contributed by atoms with Crippen molar-refractivity contribution in [2.45, 2.75) is 38.3 Å². The average Bonchev–Trinajstić information content (AvgIpc) is 3.15. The van der Waals surface area contributed by atoms with Crippen LogP contribution in [0.1, 0.15) is 40.7 Å². The van der Waals surface area contributed by atoms with Gasteiger partial charge >= 0.3 is 0 Å². The van der Waals surface area contributed by atoms with Gasteiger partial charge < -0.3 is 26.1 Å². The first-order valence-electron chi connectivity index (χ1n) is 10.7. The van der Waals surface area contributed by atoms with Gasteiger partial charge in [-0.05, 0) is 55.0 Å². The number of nitrogens with zero attached hydrogens (tertiary/aromatic N) is 1. The molecule has 0 saturated heterocycles. The van der Waals surface area contributed by atoms with Gasteiger partial charge in [0.25, 0.3) is 5.91 Å². The number of nitrogens with two attached hydrogens (primary N) is 1. The molecule has 8 heteroatoms. The minimum Gasteiger partial charge on any atom is -0.401 e. The third-order valence-electron chi connectivity index (χ3n) is 5.79. The second-order valence-electron chi connectivity index (χ2n) is 7.94. The Morgan fingerprint density at radius 3 is 2.73 bits per heavy atom. The van der Waals surface area contributed by atoms with Gasteiger partial charge in [0.2, 0.25) is 0 Å². The predicted molar refractivity (Wildman–Crippen MR) is 134 cm³/mol. The highest BCUT2D eigenvalue weighted by Gasteiger charge is 2.33. The van der Waals surface area contributed by atoms with E-state index in [1.807, 2.05) is 24.3 Å². The number of hydrogen-bond donors (Lipinski definition) is 3. The smallest absolute Gasteiger partial charge is 0.255 e. The molecule has 2 aromatic rings. The number of nitrogens with one attached hydrogen (secondary N) is 2. The van der Waals surface area contributed by atoms with Gasteiger partial charge in [0, 0.05) is 36.7 Å². The molecule has 0 spiro atoms. The van der Waals surface area contributed by atoms with E-state index in [-0.39, 0.29) is 5.91 Å². The molecule has 3 rings (SSSR count). The van der Waals surface area contributed by atoms with Crippen molar-refractivity contribution < 1.29 is 9.59 Å². The number of fused-ring (bicyclic) bond motifs is 1. The number of benzene rings is 2. The van der Waals surface area contributed by atoms with Gasteiger partial charge in [-0.3, -0.25) is 4.79 Å². The molecular formula is C25H28Cl2N4O2. The van der Waals surface area contributed by atoms with Crippen LogP contribution in [0.5, 0.6) is 0 Å². The zero-order chi connectivity index (χ0) is 24.0. The number of aryl methyl sites for hydroxylation is 1. The summed E-state index contributed by atoms with van der Waals surface area (Å²) in [5, 5.41) is 6.97. The summed E-state index contributed by atoms with van der Waals surface area (Å²) in [6.45, 7) is 4.31.